The van der Waals surface area contributed by atoms with E-state index in [2.05, 4.69) is 10.3 Å². The Hall–Kier alpha value is -1.09. The summed E-state index contributed by atoms with van der Waals surface area (Å²) >= 11 is 0. The first-order valence-corrected chi connectivity index (χ1v) is 7.13. The van der Waals surface area contributed by atoms with Crippen LogP contribution in [0.4, 0.5) is 0 Å². The van der Waals surface area contributed by atoms with Crippen LogP contribution in [0.1, 0.15) is 44.2 Å². The lowest BCUT2D eigenvalue weighted by Gasteiger charge is -2.22. The van der Waals surface area contributed by atoms with Crippen LogP contribution < -0.4 is 10.1 Å². The molecule has 0 amide bonds. The summed E-state index contributed by atoms with van der Waals surface area (Å²) in [7, 11) is 0. The van der Waals surface area contributed by atoms with Crippen molar-refractivity contribution in [3.05, 3.63) is 24.0 Å². The molecule has 3 heteroatoms. The molecule has 1 saturated carbocycles. The first-order chi connectivity index (χ1) is 8.84. The van der Waals surface area contributed by atoms with E-state index >= 15 is 0 Å². The molecule has 2 rings (SSSR count). The standard InChI is InChI=1S/C15H24N2O/c1-13-8-9-15(12-17-13)18-11-5-10-16-14-6-3-2-4-7-14/h8-9,12,14,16H,2-7,10-11H2,1H3. The average molecular weight is 248 g/mol. The number of rotatable bonds is 6. The van der Waals surface area contributed by atoms with E-state index in [1.807, 2.05) is 19.1 Å². The predicted molar refractivity (Wildman–Crippen MR) is 74.0 cm³/mol. The van der Waals surface area contributed by atoms with Crippen molar-refractivity contribution in [2.24, 2.45) is 0 Å². The lowest BCUT2D eigenvalue weighted by molar-refractivity contribution is 0.296. The van der Waals surface area contributed by atoms with E-state index < -0.39 is 0 Å². The molecule has 0 aliphatic heterocycles. The van der Waals surface area contributed by atoms with Crippen molar-refractivity contribution in [1.29, 1.82) is 0 Å². The number of ether oxygens (including phenoxy) is 1. The third-order valence-corrected chi connectivity index (χ3v) is 3.51. The minimum absolute atomic E-state index is 0.750. The predicted octanol–water partition coefficient (Wildman–Crippen LogP) is 3.08. The van der Waals surface area contributed by atoms with Gasteiger partial charge in [-0.05, 0) is 44.9 Å². The molecule has 0 aromatic carbocycles. The van der Waals surface area contributed by atoms with Crippen LogP contribution in [0, 0.1) is 6.92 Å². The summed E-state index contributed by atoms with van der Waals surface area (Å²) in [5.41, 5.74) is 1.03. The van der Waals surface area contributed by atoms with Gasteiger partial charge in [0.2, 0.25) is 0 Å². The van der Waals surface area contributed by atoms with E-state index in [0.717, 1.165) is 37.1 Å². The monoisotopic (exact) mass is 248 g/mol. The Bertz CT molecular complexity index is 331. The molecular formula is C15H24N2O. The first-order valence-electron chi connectivity index (χ1n) is 7.13. The summed E-state index contributed by atoms with van der Waals surface area (Å²) in [6, 6.07) is 4.71. The van der Waals surface area contributed by atoms with Crippen LogP contribution in [0.25, 0.3) is 0 Å². The minimum Gasteiger partial charge on any atom is -0.492 e. The number of nitrogens with zero attached hydrogens (tertiary/aromatic N) is 1. The van der Waals surface area contributed by atoms with E-state index in [-0.39, 0.29) is 0 Å². The second kappa shape index (κ2) is 7.37. The van der Waals surface area contributed by atoms with E-state index in [0.29, 0.717) is 0 Å². The van der Waals surface area contributed by atoms with Gasteiger partial charge in [0.05, 0.1) is 12.8 Å². The third kappa shape index (κ3) is 4.65. The maximum absolute atomic E-state index is 5.65. The maximum atomic E-state index is 5.65. The molecule has 18 heavy (non-hydrogen) atoms. The molecule has 0 saturated heterocycles. The van der Waals surface area contributed by atoms with E-state index in [1.54, 1.807) is 6.20 Å². The Kier molecular flexibility index (Phi) is 5.46. The van der Waals surface area contributed by atoms with Crippen molar-refractivity contribution in [1.82, 2.24) is 10.3 Å². The molecule has 0 bridgehead atoms. The number of aromatic nitrogens is 1. The fourth-order valence-corrected chi connectivity index (χ4v) is 2.41. The molecule has 1 aliphatic rings. The smallest absolute Gasteiger partial charge is 0.137 e. The highest BCUT2D eigenvalue weighted by Crippen LogP contribution is 2.17. The molecule has 1 aromatic heterocycles. The SMILES string of the molecule is Cc1ccc(OCCCNC2CCCCC2)cn1. The molecule has 1 aliphatic carbocycles. The van der Waals surface area contributed by atoms with Crippen LogP contribution in [0.5, 0.6) is 5.75 Å². The number of aryl methyl sites for hydroxylation is 1. The minimum atomic E-state index is 0.750. The van der Waals surface area contributed by atoms with Crippen molar-refractivity contribution in [3.63, 3.8) is 0 Å². The van der Waals surface area contributed by atoms with Crippen LogP contribution in [0.15, 0.2) is 18.3 Å². The molecule has 0 radical (unpaired) electrons. The van der Waals surface area contributed by atoms with Crippen molar-refractivity contribution >= 4 is 0 Å². The van der Waals surface area contributed by atoms with Crippen LogP contribution >= 0.6 is 0 Å². The van der Waals surface area contributed by atoms with Gasteiger partial charge in [0.25, 0.3) is 0 Å². The van der Waals surface area contributed by atoms with E-state index in [9.17, 15) is 0 Å². The van der Waals surface area contributed by atoms with Gasteiger partial charge in [0.15, 0.2) is 0 Å². The zero-order valence-corrected chi connectivity index (χ0v) is 11.3. The van der Waals surface area contributed by atoms with Crippen LogP contribution in [0.3, 0.4) is 0 Å². The Balaban J connectivity index is 1.54. The van der Waals surface area contributed by atoms with Crippen LogP contribution in [-0.2, 0) is 0 Å². The molecule has 0 atom stereocenters. The number of hydrogen-bond donors (Lipinski definition) is 1. The summed E-state index contributed by atoms with van der Waals surface area (Å²) in [4.78, 5) is 4.21. The maximum Gasteiger partial charge on any atom is 0.137 e. The van der Waals surface area contributed by atoms with E-state index in [4.69, 9.17) is 4.74 Å². The number of pyridine rings is 1. The molecule has 1 fully saturated rings. The Morgan fingerprint density at radius 3 is 2.83 bits per heavy atom. The lowest BCUT2D eigenvalue weighted by Crippen LogP contribution is -2.32. The second-order valence-corrected chi connectivity index (χ2v) is 5.13. The summed E-state index contributed by atoms with van der Waals surface area (Å²) in [5.74, 6) is 0.873. The second-order valence-electron chi connectivity index (χ2n) is 5.13. The summed E-state index contributed by atoms with van der Waals surface area (Å²) in [6.07, 6.45) is 9.76. The topological polar surface area (TPSA) is 34.1 Å². The van der Waals surface area contributed by atoms with Gasteiger partial charge in [0, 0.05) is 11.7 Å². The molecule has 100 valence electrons. The Morgan fingerprint density at radius 2 is 2.11 bits per heavy atom. The van der Waals surface area contributed by atoms with Gasteiger partial charge in [-0.2, -0.15) is 0 Å². The van der Waals surface area contributed by atoms with Gasteiger partial charge >= 0.3 is 0 Å². The molecule has 0 unspecified atom stereocenters. The van der Waals surface area contributed by atoms with Crippen LogP contribution in [0.2, 0.25) is 0 Å². The largest absolute Gasteiger partial charge is 0.492 e. The normalized spacial score (nSPS) is 16.7. The summed E-state index contributed by atoms with van der Waals surface area (Å²) in [5, 5.41) is 3.62. The van der Waals surface area contributed by atoms with Gasteiger partial charge in [-0.3, -0.25) is 4.98 Å². The molecule has 1 N–H and O–H groups in total. The zero-order chi connectivity index (χ0) is 12.6. The fourth-order valence-electron chi connectivity index (χ4n) is 2.41. The van der Waals surface area contributed by atoms with Crippen molar-refractivity contribution in [3.8, 4) is 5.75 Å². The van der Waals surface area contributed by atoms with Gasteiger partial charge < -0.3 is 10.1 Å². The van der Waals surface area contributed by atoms with Gasteiger partial charge in [-0.25, -0.2) is 0 Å². The average Bonchev–Trinajstić information content (AvgIpc) is 2.42. The van der Waals surface area contributed by atoms with Gasteiger partial charge in [-0.15, -0.1) is 0 Å². The molecule has 1 heterocycles. The highest BCUT2D eigenvalue weighted by molar-refractivity contribution is 5.18. The quantitative estimate of drug-likeness (QED) is 0.786. The summed E-state index contributed by atoms with van der Waals surface area (Å²) in [6.45, 7) is 3.81. The van der Waals surface area contributed by atoms with E-state index in [1.165, 1.54) is 32.1 Å². The molecular weight excluding hydrogens is 224 g/mol. The van der Waals surface area contributed by atoms with Crippen molar-refractivity contribution in [2.75, 3.05) is 13.2 Å². The van der Waals surface area contributed by atoms with Crippen molar-refractivity contribution in [2.45, 2.75) is 51.5 Å². The van der Waals surface area contributed by atoms with Gasteiger partial charge in [-0.1, -0.05) is 19.3 Å². The fraction of sp³-hybridized carbons (Fsp3) is 0.667. The lowest BCUT2D eigenvalue weighted by atomic mass is 9.95. The number of nitrogens with one attached hydrogen (secondary N) is 1. The molecule has 3 nitrogen and oxygen atoms in total. The first kappa shape index (κ1) is 13.3. The molecule has 0 spiro atoms. The Labute approximate surface area is 110 Å². The highest BCUT2D eigenvalue weighted by atomic mass is 16.5. The highest BCUT2D eigenvalue weighted by Gasteiger charge is 2.11. The Morgan fingerprint density at radius 1 is 1.28 bits per heavy atom. The third-order valence-electron chi connectivity index (χ3n) is 3.51. The zero-order valence-electron chi connectivity index (χ0n) is 11.3. The van der Waals surface area contributed by atoms with Gasteiger partial charge in [0.1, 0.15) is 5.75 Å². The molecule has 1 aromatic rings. The van der Waals surface area contributed by atoms with Crippen LogP contribution in [-0.4, -0.2) is 24.2 Å². The summed E-state index contributed by atoms with van der Waals surface area (Å²) < 4.78 is 5.65. The number of hydrogen-bond acceptors (Lipinski definition) is 3. The van der Waals surface area contributed by atoms with Crippen molar-refractivity contribution < 1.29 is 4.74 Å².